The molecule has 0 heterocycles. The molecule has 0 unspecified atom stereocenters. The summed E-state index contributed by atoms with van der Waals surface area (Å²) in [5.74, 6) is 0.295. The van der Waals surface area contributed by atoms with Crippen LogP contribution in [0.1, 0.15) is 16.7 Å². The van der Waals surface area contributed by atoms with Crippen molar-refractivity contribution in [1.29, 1.82) is 5.26 Å². The number of ether oxygens (including phenoxy) is 2. The largest absolute Gasteiger partial charge is 0.497 e. The van der Waals surface area contributed by atoms with Crippen LogP contribution in [0.5, 0.6) is 11.5 Å². The summed E-state index contributed by atoms with van der Waals surface area (Å²) >= 11 is 9.77. The molecule has 0 saturated carbocycles. The Hall–Kier alpha value is -3.34. The van der Waals surface area contributed by atoms with Gasteiger partial charge in [0.05, 0.1) is 16.6 Å². The minimum Gasteiger partial charge on any atom is -0.497 e. The summed E-state index contributed by atoms with van der Waals surface area (Å²) in [6, 6.07) is 18.4. The summed E-state index contributed by atoms with van der Waals surface area (Å²) in [5, 5.41) is 12.5. The van der Waals surface area contributed by atoms with Crippen LogP contribution in [0.25, 0.3) is 6.08 Å². The Kier molecular flexibility index (Phi) is 8.47. The van der Waals surface area contributed by atoms with Crippen molar-refractivity contribution in [2.45, 2.75) is 13.2 Å². The quantitative estimate of drug-likeness (QED) is 0.285. The highest BCUT2D eigenvalue weighted by Crippen LogP contribution is 2.35. The molecule has 33 heavy (non-hydrogen) atoms. The molecule has 3 aromatic carbocycles. The van der Waals surface area contributed by atoms with Crippen molar-refractivity contribution in [3.63, 3.8) is 0 Å². The number of benzene rings is 3. The lowest BCUT2D eigenvalue weighted by molar-refractivity contribution is -0.117. The van der Waals surface area contributed by atoms with E-state index in [1.165, 1.54) is 18.2 Å². The van der Waals surface area contributed by atoms with E-state index in [2.05, 4.69) is 21.2 Å². The van der Waals surface area contributed by atoms with Gasteiger partial charge in [-0.15, -0.1) is 0 Å². The van der Waals surface area contributed by atoms with Crippen molar-refractivity contribution in [2.75, 3.05) is 7.11 Å². The zero-order chi connectivity index (χ0) is 23.8. The number of halogens is 3. The lowest BCUT2D eigenvalue weighted by atomic mass is 10.1. The number of carbonyl (C=O) groups excluding carboxylic acids is 1. The Labute approximate surface area is 204 Å². The third-order valence-corrected chi connectivity index (χ3v) is 5.48. The van der Waals surface area contributed by atoms with Crippen molar-refractivity contribution in [1.82, 2.24) is 5.32 Å². The topological polar surface area (TPSA) is 71.3 Å². The number of rotatable bonds is 8. The molecular weight excluding hydrogens is 511 g/mol. The average Bonchev–Trinajstić information content (AvgIpc) is 2.82. The number of nitriles is 1. The van der Waals surface area contributed by atoms with Gasteiger partial charge in [0.25, 0.3) is 5.91 Å². The zero-order valence-corrected chi connectivity index (χ0v) is 19.9. The van der Waals surface area contributed by atoms with Gasteiger partial charge in [-0.05, 0) is 75.1 Å². The summed E-state index contributed by atoms with van der Waals surface area (Å²) in [6.45, 7) is 0.466. The van der Waals surface area contributed by atoms with Crippen LogP contribution in [-0.2, 0) is 17.9 Å². The van der Waals surface area contributed by atoms with Gasteiger partial charge in [-0.1, -0.05) is 35.9 Å². The lowest BCUT2D eigenvalue weighted by Crippen LogP contribution is -2.23. The third-order valence-electron chi connectivity index (χ3n) is 4.61. The van der Waals surface area contributed by atoms with Gasteiger partial charge in [0, 0.05) is 6.54 Å². The number of hydrogen-bond donors (Lipinski definition) is 1. The van der Waals surface area contributed by atoms with Crippen LogP contribution in [0.2, 0.25) is 5.02 Å². The van der Waals surface area contributed by atoms with Gasteiger partial charge in [-0.2, -0.15) is 5.26 Å². The first-order chi connectivity index (χ1) is 15.9. The Balaban J connectivity index is 1.68. The van der Waals surface area contributed by atoms with Crippen LogP contribution in [-0.4, -0.2) is 13.0 Å². The van der Waals surface area contributed by atoms with Gasteiger partial charge in [0.2, 0.25) is 0 Å². The van der Waals surface area contributed by atoms with E-state index in [-0.39, 0.29) is 24.5 Å². The monoisotopic (exact) mass is 528 g/mol. The molecule has 0 aromatic heterocycles. The van der Waals surface area contributed by atoms with Crippen molar-refractivity contribution in [3.8, 4) is 17.6 Å². The Bertz CT molecular complexity index is 1180. The van der Waals surface area contributed by atoms with E-state index in [9.17, 15) is 14.4 Å². The number of hydrogen-bond acceptors (Lipinski definition) is 4. The van der Waals surface area contributed by atoms with E-state index in [1.807, 2.05) is 18.2 Å². The molecule has 0 aliphatic rings. The maximum absolute atomic E-state index is 13.0. The summed E-state index contributed by atoms with van der Waals surface area (Å²) in [7, 11) is 1.58. The number of nitrogens with zero attached hydrogens (tertiary/aromatic N) is 1. The molecule has 0 aliphatic carbocycles. The molecule has 5 nitrogen and oxygen atoms in total. The highest BCUT2D eigenvalue weighted by Gasteiger charge is 2.13. The molecule has 0 bridgehead atoms. The van der Waals surface area contributed by atoms with Crippen LogP contribution in [0.3, 0.4) is 0 Å². The normalized spacial score (nSPS) is 10.9. The van der Waals surface area contributed by atoms with Crippen molar-refractivity contribution >= 4 is 39.5 Å². The van der Waals surface area contributed by atoms with Gasteiger partial charge < -0.3 is 14.8 Å². The fourth-order valence-corrected chi connectivity index (χ4v) is 3.86. The van der Waals surface area contributed by atoms with E-state index in [1.54, 1.807) is 43.5 Å². The lowest BCUT2D eigenvalue weighted by Gasteiger charge is -2.11. The van der Waals surface area contributed by atoms with Crippen LogP contribution < -0.4 is 14.8 Å². The molecule has 0 radical (unpaired) electrons. The van der Waals surface area contributed by atoms with Crippen molar-refractivity contribution < 1.29 is 18.7 Å². The van der Waals surface area contributed by atoms with Crippen LogP contribution in [0.15, 0.2) is 70.7 Å². The van der Waals surface area contributed by atoms with Gasteiger partial charge >= 0.3 is 0 Å². The first-order valence-electron chi connectivity index (χ1n) is 9.79. The average molecular weight is 530 g/mol. The van der Waals surface area contributed by atoms with Crippen LogP contribution in [0, 0.1) is 17.1 Å². The second-order valence-corrected chi connectivity index (χ2v) is 8.19. The van der Waals surface area contributed by atoms with E-state index >= 15 is 0 Å². The summed E-state index contributed by atoms with van der Waals surface area (Å²) < 4.78 is 24.5. The minimum absolute atomic E-state index is 0.0635. The SMILES string of the molecule is COc1ccc(CNC(=O)/C(C#N)=C\c2cc(Cl)c(OCc3ccc(F)cc3)c(Br)c2)cc1. The highest BCUT2D eigenvalue weighted by atomic mass is 79.9. The van der Waals surface area contributed by atoms with Crippen LogP contribution in [0.4, 0.5) is 4.39 Å². The maximum Gasteiger partial charge on any atom is 0.262 e. The molecular formula is C25H19BrClFN2O3. The predicted octanol–water partition coefficient (Wildman–Crippen LogP) is 6.05. The molecule has 3 rings (SSSR count). The second kappa shape index (κ2) is 11.5. The fourth-order valence-electron chi connectivity index (χ4n) is 2.87. The smallest absolute Gasteiger partial charge is 0.262 e. The van der Waals surface area contributed by atoms with Gasteiger partial charge in [-0.3, -0.25) is 4.79 Å². The fraction of sp³-hybridized carbons (Fsp3) is 0.120. The molecule has 1 N–H and O–H groups in total. The minimum atomic E-state index is -0.503. The highest BCUT2D eigenvalue weighted by molar-refractivity contribution is 9.10. The number of amides is 1. The van der Waals surface area contributed by atoms with E-state index in [0.29, 0.717) is 20.8 Å². The first-order valence-corrected chi connectivity index (χ1v) is 11.0. The summed E-state index contributed by atoms with van der Waals surface area (Å²) in [5.41, 5.74) is 2.14. The first kappa shape index (κ1) is 24.3. The molecule has 3 aromatic rings. The molecule has 8 heteroatoms. The summed E-state index contributed by atoms with van der Waals surface area (Å²) in [6.07, 6.45) is 1.45. The van der Waals surface area contributed by atoms with Gasteiger partial charge in [0.15, 0.2) is 5.75 Å². The van der Waals surface area contributed by atoms with E-state index in [4.69, 9.17) is 21.1 Å². The third kappa shape index (κ3) is 6.82. The van der Waals surface area contributed by atoms with Crippen LogP contribution >= 0.6 is 27.5 Å². The van der Waals surface area contributed by atoms with E-state index in [0.717, 1.165) is 16.9 Å². The summed E-state index contributed by atoms with van der Waals surface area (Å²) in [4.78, 5) is 12.5. The molecule has 0 aliphatic heterocycles. The molecule has 0 atom stereocenters. The standard InChI is InChI=1S/C25H19BrClFN2O3/c1-32-21-8-4-16(5-9-21)14-30-25(31)19(13-29)10-18-11-22(26)24(23(27)12-18)33-15-17-2-6-20(28)7-3-17/h2-12H,14-15H2,1H3,(H,30,31)/b19-10-. The van der Waals surface area contributed by atoms with Gasteiger partial charge in [0.1, 0.15) is 29.8 Å². The van der Waals surface area contributed by atoms with Crippen molar-refractivity contribution in [3.05, 3.63) is 98.2 Å². The van der Waals surface area contributed by atoms with Gasteiger partial charge in [-0.25, -0.2) is 4.39 Å². The van der Waals surface area contributed by atoms with E-state index < -0.39 is 5.91 Å². The Morgan fingerprint density at radius 3 is 2.42 bits per heavy atom. The molecule has 0 fully saturated rings. The molecule has 168 valence electrons. The number of carbonyl (C=O) groups is 1. The number of nitrogens with one attached hydrogen (secondary N) is 1. The predicted molar refractivity (Wildman–Crippen MR) is 128 cm³/mol. The Morgan fingerprint density at radius 1 is 1.15 bits per heavy atom. The number of methoxy groups -OCH3 is 1. The Morgan fingerprint density at radius 2 is 1.82 bits per heavy atom. The zero-order valence-electron chi connectivity index (χ0n) is 17.6. The molecule has 1 amide bonds. The second-order valence-electron chi connectivity index (χ2n) is 6.93. The van der Waals surface area contributed by atoms with Crippen molar-refractivity contribution in [2.24, 2.45) is 0 Å². The maximum atomic E-state index is 13.0. The molecule has 0 spiro atoms. The molecule has 0 saturated heterocycles.